The minimum absolute atomic E-state index is 0.158. The summed E-state index contributed by atoms with van der Waals surface area (Å²) in [4.78, 5) is 0. The summed E-state index contributed by atoms with van der Waals surface area (Å²) >= 11 is 0. The summed E-state index contributed by atoms with van der Waals surface area (Å²) in [6.45, 7) is 0. The second-order valence-corrected chi connectivity index (χ2v) is 3.88. The lowest BCUT2D eigenvalue weighted by Gasteiger charge is -2.09. The van der Waals surface area contributed by atoms with E-state index in [9.17, 15) is 18.4 Å². The molecule has 2 nitrogen and oxygen atoms in total. The zero-order valence-corrected chi connectivity index (χ0v) is 9.76. The van der Waals surface area contributed by atoms with E-state index >= 15 is 0 Å². The van der Waals surface area contributed by atoms with Gasteiger partial charge >= 0.3 is 6.18 Å². The summed E-state index contributed by atoms with van der Waals surface area (Å²) in [5.41, 5.74) is -0.708. The van der Waals surface area contributed by atoms with Crippen LogP contribution in [0, 0.1) is 5.21 Å². The van der Waals surface area contributed by atoms with Crippen LogP contribution in [-0.2, 0) is 6.18 Å². The molecule has 0 spiro atoms. The summed E-state index contributed by atoms with van der Waals surface area (Å²) in [6.07, 6.45) is -3.55. The number of nitrogens with zero attached hydrogens (tertiary/aromatic N) is 1. The van der Waals surface area contributed by atoms with Gasteiger partial charge < -0.3 is 5.21 Å². The van der Waals surface area contributed by atoms with Crippen molar-refractivity contribution < 1.29 is 17.9 Å². The molecule has 0 radical (unpaired) electrons. The number of para-hydroxylation sites is 1. The molecule has 0 aliphatic heterocycles. The molecular weight excluding hydrogens is 255 g/mol. The number of benzene rings is 2. The SMILES string of the molecule is [O-][N+](=Cc1ccccc1C(F)(F)F)c1ccccc1. The van der Waals surface area contributed by atoms with Gasteiger partial charge in [0.2, 0.25) is 5.69 Å². The Morgan fingerprint density at radius 3 is 2.11 bits per heavy atom. The zero-order chi connectivity index (χ0) is 13.9. The van der Waals surface area contributed by atoms with Crippen molar-refractivity contribution in [2.45, 2.75) is 6.18 Å². The normalized spacial score (nSPS) is 12.5. The van der Waals surface area contributed by atoms with Crippen LogP contribution in [0.2, 0.25) is 0 Å². The van der Waals surface area contributed by atoms with Gasteiger partial charge in [-0.15, -0.1) is 0 Å². The third kappa shape index (κ3) is 3.13. The molecule has 0 unspecified atom stereocenters. The minimum Gasteiger partial charge on any atom is -0.618 e. The Bertz CT molecular complexity index is 591. The Balaban J connectivity index is 2.44. The van der Waals surface area contributed by atoms with Crippen molar-refractivity contribution in [1.29, 1.82) is 0 Å². The van der Waals surface area contributed by atoms with Gasteiger partial charge in [-0.05, 0) is 12.1 Å². The van der Waals surface area contributed by atoms with Gasteiger partial charge in [0.1, 0.15) is 0 Å². The Morgan fingerprint density at radius 2 is 1.47 bits per heavy atom. The molecule has 19 heavy (non-hydrogen) atoms. The molecule has 0 saturated heterocycles. The van der Waals surface area contributed by atoms with Crippen LogP contribution < -0.4 is 0 Å². The monoisotopic (exact) mass is 265 g/mol. The van der Waals surface area contributed by atoms with Crippen LogP contribution in [0.5, 0.6) is 0 Å². The van der Waals surface area contributed by atoms with Crippen LogP contribution in [-0.4, -0.2) is 11.0 Å². The molecule has 0 heterocycles. The molecule has 0 atom stereocenters. The molecule has 0 saturated carbocycles. The van der Waals surface area contributed by atoms with E-state index in [0.29, 0.717) is 4.74 Å². The molecule has 0 N–H and O–H groups in total. The van der Waals surface area contributed by atoms with Crippen LogP contribution in [0.4, 0.5) is 18.9 Å². The Labute approximate surface area is 108 Å². The molecule has 0 aliphatic carbocycles. The first kappa shape index (κ1) is 13.1. The first-order valence-corrected chi connectivity index (χ1v) is 5.51. The standard InChI is InChI=1S/C14H10F3NO/c15-14(16,17)13-9-5-4-6-11(13)10-18(19)12-7-2-1-3-8-12/h1-10H. The first-order chi connectivity index (χ1) is 8.98. The summed E-state index contributed by atoms with van der Waals surface area (Å²) in [5, 5.41) is 11.8. The molecule has 0 aromatic heterocycles. The van der Waals surface area contributed by atoms with Crippen LogP contribution in [0.3, 0.4) is 0 Å². The maximum atomic E-state index is 12.8. The van der Waals surface area contributed by atoms with Gasteiger partial charge in [0.25, 0.3) is 0 Å². The number of rotatable bonds is 2. The average Bonchev–Trinajstić information content (AvgIpc) is 2.39. The summed E-state index contributed by atoms with van der Waals surface area (Å²) in [7, 11) is 0. The maximum absolute atomic E-state index is 12.8. The lowest BCUT2D eigenvalue weighted by Crippen LogP contribution is -2.10. The second-order valence-electron chi connectivity index (χ2n) is 3.88. The summed E-state index contributed by atoms with van der Waals surface area (Å²) < 4.78 is 38.7. The van der Waals surface area contributed by atoms with Crippen molar-refractivity contribution in [2.75, 3.05) is 0 Å². The Kier molecular flexibility index (Phi) is 3.55. The van der Waals surface area contributed by atoms with Crippen molar-refractivity contribution >= 4 is 11.9 Å². The fourth-order valence-corrected chi connectivity index (χ4v) is 1.64. The molecule has 0 aliphatic rings. The Hall–Kier alpha value is -2.30. The van der Waals surface area contributed by atoms with Crippen molar-refractivity contribution in [3.8, 4) is 0 Å². The Morgan fingerprint density at radius 1 is 0.895 bits per heavy atom. The quantitative estimate of drug-likeness (QED) is 0.349. The lowest BCUT2D eigenvalue weighted by molar-refractivity contribution is -0.354. The van der Waals surface area contributed by atoms with E-state index in [0.717, 1.165) is 12.3 Å². The fourth-order valence-electron chi connectivity index (χ4n) is 1.64. The molecule has 2 rings (SSSR count). The van der Waals surface area contributed by atoms with Crippen molar-refractivity contribution in [3.63, 3.8) is 0 Å². The van der Waals surface area contributed by atoms with Gasteiger partial charge in [0.05, 0.1) is 11.1 Å². The van der Waals surface area contributed by atoms with Crippen LogP contribution in [0.1, 0.15) is 11.1 Å². The van der Waals surface area contributed by atoms with E-state index in [1.807, 2.05) is 0 Å². The van der Waals surface area contributed by atoms with Crippen LogP contribution >= 0.6 is 0 Å². The first-order valence-electron chi connectivity index (χ1n) is 5.51. The zero-order valence-electron chi connectivity index (χ0n) is 9.76. The van der Waals surface area contributed by atoms with Crippen LogP contribution in [0.15, 0.2) is 54.6 Å². The minimum atomic E-state index is -4.48. The molecule has 0 bridgehead atoms. The largest absolute Gasteiger partial charge is 0.618 e. The molecule has 0 amide bonds. The van der Waals surface area contributed by atoms with E-state index in [1.165, 1.54) is 30.3 Å². The van der Waals surface area contributed by atoms with E-state index in [4.69, 9.17) is 0 Å². The number of halogens is 3. The number of hydrogen-bond donors (Lipinski definition) is 0. The second kappa shape index (κ2) is 5.14. The van der Waals surface area contributed by atoms with Crippen LogP contribution in [0.25, 0.3) is 0 Å². The highest BCUT2D eigenvalue weighted by atomic mass is 19.4. The third-order valence-electron chi connectivity index (χ3n) is 2.53. The molecule has 0 fully saturated rings. The highest BCUT2D eigenvalue weighted by molar-refractivity contribution is 5.79. The average molecular weight is 265 g/mol. The summed E-state index contributed by atoms with van der Waals surface area (Å²) in [5.74, 6) is 0. The number of hydrogen-bond acceptors (Lipinski definition) is 1. The lowest BCUT2D eigenvalue weighted by atomic mass is 10.1. The topological polar surface area (TPSA) is 26.1 Å². The fraction of sp³-hybridized carbons (Fsp3) is 0.0714. The number of alkyl halides is 3. The molecule has 2 aromatic rings. The predicted molar refractivity (Wildman–Crippen MR) is 66.3 cm³/mol. The predicted octanol–water partition coefficient (Wildman–Crippen LogP) is 3.97. The van der Waals surface area contributed by atoms with Gasteiger partial charge in [-0.3, -0.25) is 0 Å². The van der Waals surface area contributed by atoms with Gasteiger partial charge in [-0.25, -0.2) is 0 Å². The van der Waals surface area contributed by atoms with Gasteiger partial charge in [0.15, 0.2) is 6.21 Å². The van der Waals surface area contributed by atoms with Gasteiger partial charge in [-0.2, -0.15) is 17.9 Å². The van der Waals surface area contributed by atoms with E-state index in [1.54, 1.807) is 18.2 Å². The molecule has 5 heteroatoms. The van der Waals surface area contributed by atoms with Gasteiger partial charge in [0, 0.05) is 12.1 Å². The van der Waals surface area contributed by atoms with Crippen molar-refractivity contribution in [3.05, 3.63) is 70.9 Å². The summed E-state index contributed by atoms with van der Waals surface area (Å²) in [6, 6.07) is 13.0. The smallest absolute Gasteiger partial charge is 0.417 e. The van der Waals surface area contributed by atoms with E-state index in [2.05, 4.69) is 0 Å². The molecular formula is C14H10F3NO. The van der Waals surface area contributed by atoms with Crippen molar-refractivity contribution in [1.82, 2.24) is 0 Å². The third-order valence-corrected chi connectivity index (χ3v) is 2.53. The van der Waals surface area contributed by atoms with Gasteiger partial charge in [-0.1, -0.05) is 30.3 Å². The van der Waals surface area contributed by atoms with E-state index in [-0.39, 0.29) is 11.3 Å². The highest BCUT2D eigenvalue weighted by Gasteiger charge is 2.33. The maximum Gasteiger partial charge on any atom is 0.417 e. The molecule has 98 valence electrons. The van der Waals surface area contributed by atoms with E-state index < -0.39 is 11.7 Å². The van der Waals surface area contributed by atoms with Crippen molar-refractivity contribution in [2.24, 2.45) is 0 Å². The molecule has 2 aromatic carbocycles. The highest BCUT2D eigenvalue weighted by Crippen LogP contribution is 2.31.